The van der Waals surface area contributed by atoms with E-state index in [2.05, 4.69) is 0 Å². The molecule has 0 bridgehead atoms. The number of amides is 2. The van der Waals surface area contributed by atoms with Crippen molar-refractivity contribution in [2.75, 3.05) is 16.3 Å². The van der Waals surface area contributed by atoms with Gasteiger partial charge >= 0.3 is 5.69 Å². The minimum Gasteiger partial charge on any atom is -0.359 e. The fourth-order valence-corrected chi connectivity index (χ4v) is 3.60. The molecule has 8 heteroatoms. The number of halogens is 1. The lowest BCUT2D eigenvalue weighted by Crippen LogP contribution is -2.41. The molecule has 0 saturated carbocycles. The summed E-state index contributed by atoms with van der Waals surface area (Å²) in [4.78, 5) is 38.2. The zero-order valence-corrected chi connectivity index (χ0v) is 13.6. The average molecular weight is 355 g/mol. The second kappa shape index (κ2) is 5.91. The van der Waals surface area contributed by atoms with Crippen LogP contribution in [0.4, 0.5) is 21.5 Å². The maximum atomic E-state index is 13.6. The number of nitro benzene ring substituents is 1. The van der Waals surface area contributed by atoms with Crippen molar-refractivity contribution in [3.8, 4) is 0 Å². The first-order valence-corrected chi connectivity index (χ1v) is 8.12. The number of nitrogens with zero attached hydrogens (tertiary/aromatic N) is 3. The summed E-state index contributed by atoms with van der Waals surface area (Å²) in [5.41, 5.74) is 1.29. The van der Waals surface area contributed by atoms with E-state index in [1.54, 1.807) is 0 Å². The van der Waals surface area contributed by atoms with E-state index >= 15 is 0 Å². The maximum Gasteiger partial charge on any atom is 0.306 e. The van der Waals surface area contributed by atoms with Crippen LogP contribution >= 0.6 is 0 Å². The van der Waals surface area contributed by atoms with E-state index in [1.807, 2.05) is 29.2 Å². The summed E-state index contributed by atoms with van der Waals surface area (Å²) in [6.07, 6.45) is 0.772. The SMILES string of the molecule is O=C1C[C@@H](N2CCc3ccccc32)C(=O)N1c1ccc(F)c([N+](=O)[O-])c1. The molecule has 4 rings (SSSR count). The highest BCUT2D eigenvalue weighted by Crippen LogP contribution is 2.35. The molecule has 2 aliphatic rings. The Morgan fingerprint density at radius 3 is 2.69 bits per heavy atom. The Bertz CT molecular complexity index is 946. The van der Waals surface area contributed by atoms with E-state index in [0.717, 1.165) is 34.7 Å². The Hall–Kier alpha value is -3.29. The number of fused-ring (bicyclic) bond motifs is 1. The average Bonchev–Trinajstić information content (AvgIpc) is 3.16. The van der Waals surface area contributed by atoms with Crippen molar-refractivity contribution in [1.29, 1.82) is 0 Å². The molecule has 1 fully saturated rings. The van der Waals surface area contributed by atoms with E-state index in [0.29, 0.717) is 6.54 Å². The molecule has 2 amide bonds. The molecule has 26 heavy (non-hydrogen) atoms. The Morgan fingerprint density at radius 1 is 1.15 bits per heavy atom. The predicted octanol–water partition coefficient (Wildman–Crippen LogP) is 2.43. The second-order valence-corrected chi connectivity index (χ2v) is 6.25. The van der Waals surface area contributed by atoms with Gasteiger partial charge in [-0.25, -0.2) is 4.90 Å². The highest BCUT2D eigenvalue weighted by Gasteiger charge is 2.44. The van der Waals surface area contributed by atoms with E-state index < -0.39 is 34.3 Å². The number of carbonyl (C=O) groups excluding carboxylic acids is 2. The van der Waals surface area contributed by atoms with Crippen LogP contribution in [0.1, 0.15) is 12.0 Å². The minimum absolute atomic E-state index is 0.0155. The Balaban J connectivity index is 1.67. The number of hydrogen-bond acceptors (Lipinski definition) is 5. The quantitative estimate of drug-likeness (QED) is 0.480. The van der Waals surface area contributed by atoms with Crippen LogP contribution < -0.4 is 9.80 Å². The topological polar surface area (TPSA) is 83.8 Å². The van der Waals surface area contributed by atoms with Crippen LogP contribution in [-0.4, -0.2) is 29.3 Å². The Kier molecular flexibility index (Phi) is 3.68. The van der Waals surface area contributed by atoms with Gasteiger partial charge in [0.25, 0.3) is 5.91 Å². The molecule has 0 aromatic heterocycles. The molecule has 0 unspecified atom stereocenters. The standard InChI is InChI=1S/C18H14FN3O4/c19-13-6-5-12(9-15(13)22(25)26)21-17(23)10-16(18(21)24)20-8-7-11-3-1-2-4-14(11)20/h1-6,9,16H,7-8,10H2/t16-/m1/s1. The maximum absolute atomic E-state index is 13.6. The van der Waals surface area contributed by atoms with Crippen LogP contribution in [0.3, 0.4) is 0 Å². The zero-order valence-electron chi connectivity index (χ0n) is 13.6. The summed E-state index contributed by atoms with van der Waals surface area (Å²) in [6, 6.07) is 10.1. The molecule has 0 N–H and O–H groups in total. The number of hydrogen-bond donors (Lipinski definition) is 0. The molecule has 132 valence electrons. The molecule has 0 aliphatic carbocycles. The van der Waals surface area contributed by atoms with Gasteiger partial charge in [0.15, 0.2) is 0 Å². The number of benzene rings is 2. The van der Waals surface area contributed by atoms with E-state index in [4.69, 9.17) is 0 Å². The lowest BCUT2D eigenvalue weighted by molar-refractivity contribution is -0.387. The predicted molar refractivity (Wildman–Crippen MR) is 91.4 cm³/mol. The van der Waals surface area contributed by atoms with Gasteiger partial charge in [-0.3, -0.25) is 19.7 Å². The molecular weight excluding hydrogens is 341 g/mol. The summed E-state index contributed by atoms with van der Waals surface area (Å²) < 4.78 is 13.6. The van der Waals surface area contributed by atoms with Crippen molar-refractivity contribution < 1.29 is 18.9 Å². The van der Waals surface area contributed by atoms with Crippen molar-refractivity contribution in [2.24, 2.45) is 0 Å². The number of anilines is 2. The molecule has 2 aromatic carbocycles. The third-order valence-electron chi connectivity index (χ3n) is 4.81. The van der Waals surface area contributed by atoms with Crippen LogP contribution in [-0.2, 0) is 16.0 Å². The fraction of sp³-hybridized carbons (Fsp3) is 0.222. The van der Waals surface area contributed by atoms with Crippen molar-refractivity contribution in [2.45, 2.75) is 18.9 Å². The highest BCUT2D eigenvalue weighted by atomic mass is 19.1. The van der Waals surface area contributed by atoms with Crippen molar-refractivity contribution >= 4 is 28.9 Å². The molecule has 7 nitrogen and oxygen atoms in total. The molecule has 0 spiro atoms. The summed E-state index contributed by atoms with van der Waals surface area (Å²) in [5, 5.41) is 10.9. The van der Waals surface area contributed by atoms with Gasteiger partial charge in [0.2, 0.25) is 11.7 Å². The van der Waals surface area contributed by atoms with Gasteiger partial charge in [-0.15, -0.1) is 0 Å². The number of imide groups is 1. The smallest absolute Gasteiger partial charge is 0.306 e. The second-order valence-electron chi connectivity index (χ2n) is 6.25. The van der Waals surface area contributed by atoms with Gasteiger partial charge in [-0.2, -0.15) is 4.39 Å². The molecule has 1 saturated heterocycles. The van der Waals surface area contributed by atoms with Crippen LogP contribution in [0.25, 0.3) is 0 Å². The Labute approximate surface area is 147 Å². The number of nitro groups is 1. The van der Waals surface area contributed by atoms with Crippen LogP contribution in [0.15, 0.2) is 42.5 Å². The molecular formula is C18H14FN3O4. The van der Waals surface area contributed by atoms with Gasteiger partial charge in [0, 0.05) is 18.3 Å². The monoisotopic (exact) mass is 355 g/mol. The summed E-state index contributed by atoms with van der Waals surface area (Å²) >= 11 is 0. The summed E-state index contributed by atoms with van der Waals surface area (Å²) in [7, 11) is 0. The largest absolute Gasteiger partial charge is 0.359 e. The van der Waals surface area contributed by atoms with Crippen LogP contribution in [0.2, 0.25) is 0 Å². The van der Waals surface area contributed by atoms with E-state index in [1.165, 1.54) is 6.07 Å². The van der Waals surface area contributed by atoms with Crippen molar-refractivity contribution in [1.82, 2.24) is 0 Å². The highest BCUT2D eigenvalue weighted by molar-refractivity contribution is 6.23. The van der Waals surface area contributed by atoms with E-state index in [9.17, 15) is 24.1 Å². The van der Waals surface area contributed by atoms with Gasteiger partial charge in [0.05, 0.1) is 17.0 Å². The van der Waals surface area contributed by atoms with Crippen LogP contribution in [0, 0.1) is 15.9 Å². The molecule has 2 aromatic rings. The number of rotatable bonds is 3. The molecule has 2 aliphatic heterocycles. The van der Waals surface area contributed by atoms with Crippen molar-refractivity contribution in [3.05, 3.63) is 64.0 Å². The van der Waals surface area contributed by atoms with E-state index in [-0.39, 0.29) is 12.1 Å². The normalized spacial score (nSPS) is 19.2. The lowest BCUT2D eigenvalue weighted by atomic mass is 10.1. The first kappa shape index (κ1) is 16.2. The first-order valence-electron chi connectivity index (χ1n) is 8.12. The molecule has 2 heterocycles. The summed E-state index contributed by atoms with van der Waals surface area (Å²) in [6.45, 7) is 0.625. The summed E-state index contributed by atoms with van der Waals surface area (Å²) in [5.74, 6) is -1.92. The number of para-hydroxylation sites is 1. The first-order chi connectivity index (χ1) is 12.5. The fourth-order valence-electron chi connectivity index (χ4n) is 3.60. The third-order valence-corrected chi connectivity index (χ3v) is 4.81. The van der Waals surface area contributed by atoms with Gasteiger partial charge in [0.1, 0.15) is 6.04 Å². The van der Waals surface area contributed by atoms with Crippen molar-refractivity contribution in [3.63, 3.8) is 0 Å². The van der Waals surface area contributed by atoms with Gasteiger partial charge < -0.3 is 4.90 Å². The van der Waals surface area contributed by atoms with Gasteiger partial charge in [-0.05, 0) is 30.2 Å². The van der Waals surface area contributed by atoms with Gasteiger partial charge in [-0.1, -0.05) is 18.2 Å². The molecule has 1 atom stereocenters. The number of carbonyl (C=O) groups is 2. The Morgan fingerprint density at radius 2 is 1.92 bits per heavy atom. The lowest BCUT2D eigenvalue weighted by Gasteiger charge is -2.25. The van der Waals surface area contributed by atoms with Crippen LogP contribution in [0.5, 0.6) is 0 Å². The zero-order chi connectivity index (χ0) is 18.4. The minimum atomic E-state index is -1.01. The third kappa shape index (κ3) is 2.42. The molecule has 0 radical (unpaired) electrons.